The third-order valence-electron chi connectivity index (χ3n) is 6.44. The number of hydrogen-bond acceptors (Lipinski definition) is 6. The SMILES string of the molecule is CC(C)Oc1cc2nc(C34COC(C)(C3)C4)c(F)n2cc1C(=O)Nc1cccc2ncnn12. The average molecular weight is 450 g/mol. The molecule has 4 aromatic heterocycles. The third-order valence-corrected chi connectivity index (χ3v) is 6.44. The molecule has 1 amide bonds. The smallest absolute Gasteiger partial charge is 0.262 e. The molecule has 6 heterocycles. The van der Waals surface area contributed by atoms with Gasteiger partial charge in [0, 0.05) is 17.7 Å². The quantitative estimate of drug-likeness (QED) is 0.501. The van der Waals surface area contributed by atoms with Crippen LogP contribution in [0.15, 0.2) is 36.8 Å². The summed E-state index contributed by atoms with van der Waals surface area (Å²) in [6, 6.07) is 6.87. The molecule has 2 aliphatic heterocycles. The first kappa shape index (κ1) is 20.1. The number of aromatic nitrogens is 5. The van der Waals surface area contributed by atoms with Crippen molar-refractivity contribution >= 4 is 23.0 Å². The van der Waals surface area contributed by atoms with Gasteiger partial charge in [0.2, 0.25) is 5.95 Å². The van der Waals surface area contributed by atoms with E-state index >= 15 is 4.39 Å². The maximum Gasteiger partial charge on any atom is 0.262 e. The Kier molecular flexibility index (Phi) is 4.10. The van der Waals surface area contributed by atoms with Crippen molar-refractivity contribution in [2.24, 2.45) is 0 Å². The molecule has 1 aliphatic carbocycles. The Morgan fingerprint density at radius 2 is 2.12 bits per heavy atom. The van der Waals surface area contributed by atoms with Gasteiger partial charge in [0.1, 0.15) is 29.2 Å². The van der Waals surface area contributed by atoms with Crippen LogP contribution in [0.1, 0.15) is 49.7 Å². The second-order valence-electron chi connectivity index (χ2n) is 9.47. The normalized spacial score (nSPS) is 23.9. The number of pyridine rings is 2. The van der Waals surface area contributed by atoms with Gasteiger partial charge in [-0.05, 0) is 45.7 Å². The van der Waals surface area contributed by atoms with Gasteiger partial charge in [-0.15, -0.1) is 0 Å². The molecule has 170 valence electrons. The molecule has 1 N–H and O–H groups in total. The Morgan fingerprint density at radius 1 is 1.30 bits per heavy atom. The number of carbonyl (C=O) groups is 1. The number of rotatable bonds is 5. The Hall–Kier alpha value is -3.53. The van der Waals surface area contributed by atoms with Gasteiger partial charge in [0.15, 0.2) is 5.65 Å². The van der Waals surface area contributed by atoms with Crippen molar-refractivity contribution in [3.8, 4) is 5.75 Å². The van der Waals surface area contributed by atoms with Crippen molar-refractivity contribution < 1.29 is 18.7 Å². The minimum absolute atomic E-state index is 0.189. The van der Waals surface area contributed by atoms with Gasteiger partial charge < -0.3 is 14.8 Å². The van der Waals surface area contributed by atoms with Crippen LogP contribution < -0.4 is 10.1 Å². The highest BCUT2D eigenvalue weighted by Crippen LogP contribution is 2.58. The second-order valence-corrected chi connectivity index (χ2v) is 9.47. The molecule has 0 radical (unpaired) electrons. The van der Waals surface area contributed by atoms with Gasteiger partial charge in [-0.3, -0.25) is 9.20 Å². The number of nitrogens with zero attached hydrogens (tertiary/aromatic N) is 5. The summed E-state index contributed by atoms with van der Waals surface area (Å²) in [5, 5.41) is 6.97. The zero-order chi connectivity index (χ0) is 23.0. The molecular formula is C23H23FN6O3. The van der Waals surface area contributed by atoms with E-state index in [1.807, 2.05) is 20.8 Å². The highest BCUT2D eigenvalue weighted by Gasteiger charge is 2.62. The molecular weight excluding hydrogens is 427 g/mol. The minimum Gasteiger partial charge on any atom is -0.490 e. The molecule has 0 unspecified atom stereocenters. The lowest BCUT2D eigenvalue weighted by Gasteiger charge is -2.41. The van der Waals surface area contributed by atoms with Crippen LogP contribution in [0.3, 0.4) is 0 Å². The van der Waals surface area contributed by atoms with Crippen LogP contribution in [0.4, 0.5) is 10.2 Å². The summed E-state index contributed by atoms with van der Waals surface area (Å²) in [4.78, 5) is 22.0. The zero-order valence-corrected chi connectivity index (χ0v) is 18.5. The summed E-state index contributed by atoms with van der Waals surface area (Å²) in [7, 11) is 0. The van der Waals surface area contributed by atoms with Crippen LogP contribution in [0.2, 0.25) is 0 Å². The monoisotopic (exact) mass is 450 g/mol. The molecule has 3 fully saturated rings. The van der Waals surface area contributed by atoms with Gasteiger partial charge in [-0.2, -0.15) is 14.0 Å². The molecule has 0 spiro atoms. The maximum absolute atomic E-state index is 15.6. The van der Waals surface area contributed by atoms with Crippen LogP contribution in [-0.4, -0.2) is 48.2 Å². The fourth-order valence-corrected chi connectivity index (χ4v) is 5.16. The Balaban J connectivity index is 1.42. The molecule has 3 aliphatic rings. The molecule has 1 saturated carbocycles. The fourth-order valence-electron chi connectivity index (χ4n) is 5.16. The number of anilines is 1. The van der Waals surface area contributed by atoms with E-state index in [0.717, 1.165) is 12.8 Å². The molecule has 33 heavy (non-hydrogen) atoms. The summed E-state index contributed by atoms with van der Waals surface area (Å²) in [6.07, 6.45) is 4.15. The Labute approximate surface area is 188 Å². The number of halogens is 1. The molecule has 10 heteroatoms. The van der Waals surface area contributed by atoms with Crippen LogP contribution in [0.5, 0.6) is 5.75 Å². The van der Waals surface area contributed by atoms with Gasteiger partial charge >= 0.3 is 0 Å². The molecule has 7 rings (SSSR count). The van der Waals surface area contributed by atoms with E-state index in [1.165, 1.54) is 21.4 Å². The topological polar surface area (TPSA) is 95.0 Å². The van der Waals surface area contributed by atoms with Gasteiger partial charge in [-0.1, -0.05) is 6.07 Å². The highest BCUT2D eigenvalue weighted by atomic mass is 19.1. The second kappa shape index (κ2) is 6.74. The summed E-state index contributed by atoms with van der Waals surface area (Å²) < 4.78 is 30.1. The van der Waals surface area contributed by atoms with E-state index in [9.17, 15) is 4.79 Å². The van der Waals surface area contributed by atoms with Crippen molar-refractivity contribution in [3.05, 3.63) is 54.0 Å². The largest absolute Gasteiger partial charge is 0.490 e. The van der Waals surface area contributed by atoms with Crippen molar-refractivity contribution in [1.82, 2.24) is 24.0 Å². The molecule has 2 saturated heterocycles. The average Bonchev–Trinajstić information content (AvgIpc) is 3.49. The molecule has 4 aromatic rings. The number of amides is 1. The number of imidazole rings is 1. The van der Waals surface area contributed by atoms with E-state index in [0.29, 0.717) is 35.2 Å². The molecule has 9 nitrogen and oxygen atoms in total. The van der Waals surface area contributed by atoms with Crippen molar-refractivity contribution in [1.29, 1.82) is 0 Å². The summed E-state index contributed by atoms with van der Waals surface area (Å²) in [5.74, 6) is -0.158. The predicted molar refractivity (Wildman–Crippen MR) is 117 cm³/mol. The number of hydrogen-bond donors (Lipinski definition) is 1. The van der Waals surface area contributed by atoms with Gasteiger partial charge in [0.05, 0.1) is 23.9 Å². The predicted octanol–water partition coefficient (Wildman–Crippen LogP) is 3.38. The van der Waals surface area contributed by atoms with Crippen molar-refractivity contribution in [2.45, 2.75) is 50.7 Å². The lowest BCUT2D eigenvalue weighted by molar-refractivity contribution is 0.0150. The van der Waals surface area contributed by atoms with Crippen molar-refractivity contribution in [2.75, 3.05) is 11.9 Å². The lowest BCUT2D eigenvalue weighted by atomic mass is 9.62. The molecule has 2 bridgehead atoms. The summed E-state index contributed by atoms with van der Waals surface area (Å²) in [6.45, 7) is 6.22. The van der Waals surface area contributed by atoms with E-state index in [4.69, 9.17) is 9.47 Å². The number of nitrogens with one attached hydrogen (secondary N) is 1. The van der Waals surface area contributed by atoms with Crippen LogP contribution in [0, 0.1) is 5.95 Å². The molecule has 0 aromatic carbocycles. The first-order valence-electron chi connectivity index (χ1n) is 10.9. The first-order valence-corrected chi connectivity index (χ1v) is 10.9. The van der Waals surface area contributed by atoms with Crippen LogP contribution in [-0.2, 0) is 10.2 Å². The first-order chi connectivity index (χ1) is 15.8. The van der Waals surface area contributed by atoms with E-state index < -0.39 is 17.3 Å². The molecule has 0 atom stereocenters. The Bertz CT molecular complexity index is 1420. The van der Waals surface area contributed by atoms with Gasteiger partial charge in [0.25, 0.3) is 5.91 Å². The summed E-state index contributed by atoms with van der Waals surface area (Å²) in [5.41, 5.74) is 0.963. The van der Waals surface area contributed by atoms with E-state index in [1.54, 1.807) is 24.3 Å². The Morgan fingerprint density at radius 3 is 2.85 bits per heavy atom. The number of fused-ring (bicyclic) bond motifs is 3. The van der Waals surface area contributed by atoms with Crippen LogP contribution >= 0.6 is 0 Å². The standard InChI is InChI=1S/C23H23FN6O3/c1-13(2)33-15-7-18-27-19(23-9-22(3,10-23)32-11-23)20(24)29(18)8-14(15)21(31)28-17-6-4-5-16-25-12-26-30(16)17/h4-8,12-13H,9-11H2,1-3H3,(H,28,31). The third kappa shape index (κ3) is 3.01. The van der Waals surface area contributed by atoms with Crippen LogP contribution in [0.25, 0.3) is 11.3 Å². The summed E-state index contributed by atoms with van der Waals surface area (Å²) >= 11 is 0. The zero-order valence-electron chi connectivity index (χ0n) is 18.5. The fraction of sp³-hybridized carbons (Fsp3) is 0.391. The number of ether oxygens (including phenoxy) is 2. The highest BCUT2D eigenvalue weighted by molar-refractivity contribution is 6.06. The number of carbonyl (C=O) groups excluding carboxylic acids is 1. The maximum atomic E-state index is 15.6. The van der Waals surface area contributed by atoms with E-state index in [-0.39, 0.29) is 17.3 Å². The van der Waals surface area contributed by atoms with E-state index in [2.05, 4.69) is 20.4 Å². The minimum atomic E-state index is -0.471. The van der Waals surface area contributed by atoms with Crippen molar-refractivity contribution in [3.63, 3.8) is 0 Å². The lowest BCUT2D eigenvalue weighted by Crippen LogP contribution is -2.45. The van der Waals surface area contributed by atoms with Gasteiger partial charge in [-0.25, -0.2) is 9.97 Å².